The molecule has 3 heterocycles. The van der Waals surface area contributed by atoms with Crippen molar-refractivity contribution in [2.24, 2.45) is 5.92 Å². The van der Waals surface area contributed by atoms with Crippen LogP contribution in [0.3, 0.4) is 0 Å². The third kappa shape index (κ3) is 4.68. The Balaban J connectivity index is 1.44. The first-order valence-electron chi connectivity index (χ1n) is 11.5. The fourth-order valence-electron chi connectivity index (χ4n) is 4.36. The number of aromatic amines is 1. The standard InChI is InChI=1S/C26H25BrN4O4S/c1-16-3-8-21(27)22(11-16)36(33,34)23-13-29-25-24(30-23)20(12-28-25)18-4-6-19(7-5-18)26(32)31(2)14-17-9-10-35-15-17/h3-8,11-13,17H,9-10,14-15H2,1-2H3,(H,28,29)/t17-/m0/s1. The number of hydrogen-bond acceptors (Lipinski definition) is 6. The molecule has 1 saturated heterocycles. The Hall–Kier alpha value is -3.08. The molecule has 1 N–H and O–H groups in total. The number of hydrogen-bond donors (Lipinski definition) is 1. The molecule has 2 aromatic heterocycles. The minimum Gasteiger partial charge on any atom is -0.381 e. The maximum Gasteiger partial charge on any atom is 0.253 e. The molecule has 0 bridgehead atoms. The van der Waals surface area contributed by atoms with E-state index in [-0.39, 0.29) is 15.8 Å². The number of halogens is 1. The maximum absolute atomic E-state index is 13.3. The Kier molecular flexibility index (Phi) is 6.67. The lowest BCUT2D eigenvalue weighted by Gasteiger charge is -2.20. The van der Waals surface area contributed by atoms with Crippen molar-refractivity contribution < 1.29 is 17.9 Å². The van der Waals surface area contributed by atoms with E-state index >= 15 is 0 Å². The zero-order valence-electron chi connectivity index (χ0n) is 19.9. The van der Waals surface area contributed by atoms with E-state index in [1.54, 1.807) is 42.4 Å². The van der Waals surface area contributed by atoms with E-state index in [4.69, 9.17) is 4.74 Å². The zero-order chi connectivity index (χ0) is 25.4. The summed E-state index contributed by atoms with van der Waals surface area (Å²) in [6.07, 6.45) is 3.98. The molecule has 2 aromatic carbocycles. The van der Waals surface area contributed by atoms with Gasteiger partial charge in [-0.25, -0.2) is 18.4 Å². The quantitative estimate of drug-likeness (QED) is 0.363. The van der Waals surface area contributed by atoms with Crippen molar-refractivity contribution in [3.8, 4) is 11.1 Å². The molecule has 0 spiro atoms. The Morgan fingerprint density at radius 2 is 2.00 bits per heavy atom. The van der Waals surface area contributed by atoms with Crippen molar-refractivity contribution in [2.45, 2.75) is 23.3 Å². The number of nitrogens with zero attached hydrogens (tertiary/aromatic N) is 3. The molecule has 1 aliphatic heterocycles. The smallest absolute Gasteiger partial charge is 0.253 e. The zero-order valence-corrected chi connectivity index (χ0v) is 22.3. The van der Waals surface area contributed by atoms with E-state index < -0.39 is 9.84 Å². The summed E-state index contributed by atoms with van der Waals surface area (Å²) in [7, 11) is -2.09. The number of nitrogens with one attached hydrogen (secondary N) is 1. The van der Waals surface area contributed by atoms with Gasteiger partial charge in [-0.05, 0) is 64.7 Å². The van der Waals surface area contributed by atoms with Crippen LogP contribution in [-0.2, 0) is 14.6 Å². The monoisotopic (exact) mass is 568 g/mol. The average Bonchev–Trinajstić information content (AvgIpc) is 3.54. The van der Waals surface area contributed by atoms with E-state index in [0.29, 0.717) is 45.8 Å². The summed E-state index contributed by atoms with van der Waals surface area (Å²) in [5.41, 5.74) is 3.82. The molecule has 186 valence electrons. The molecule has 10 heteroatoms. The fourth-order valence-corrected chi connectivity index (χ4v) is 6.54. The molecule has 0 unspecified atom stereocenters. The van der Waals surface area contributed by atoms with E-state index in [1.807, 2.05) is 25.1 Å². The van der Waals surface area contributed by atoms with Gasteiger partial charge in [-0.1, -0.05) is 18.2 Å². The van der Waals surface area contributed by atoms with Crippen molar-refractivity contribution in [3.63, 3.8) is 0 Å². The molecule has 1 fully saturated rings. The number of H-pyrrole nitrogens is 1. The molecule has 0 aliphatic carbocycles. The molecule has 0 radical (unpaired) electrons. The van der Waals surface area contributed by atoms with Gasteiger partial charge in [0.1, 0.15) is 5.52 Å². The molecule has 5 rings (SSSR count). The van der Waals surface area contributed by atoms with E-state index in [9.17, 15) is 13.2 Å². The number of aryl methyl sites for hydroxylation is 1. The largest absolute Gasteiger partial charge is 0.381 e. The average molecular weight is 569 g/mol. The van der Waals surface area contributed by atoms with Crippen molar-refractivity contribution in [2.75, 3.05) is 26.8 Å². The number of aromatic nitrogens is 3. The lowest BCUT2D eigenvalue weighted by Crippen LogP contribution is -2.32. The Morgan fingerprint density at radius 1 is 1.22 bits per heavy atom. The molecule has 36 heavy (non-hydrogen) atoms. The van der Waals surface area contributed by atoms with Gasteiger partial charge in [-0.3, -0.25) is 4.79 Å². The summed E-state index contributed by atoms with van der Waals surface area (Å²) >= 11 is 3.34. The van der Waals surface area contributed by atoms with Crippen LogP contribution in [0.25, 0.3) is 22.3 Å². The number of rotatable bonds is 6. The summed E-state index contributed by atoms with van der Waals surface area (Å²) < 4.78 is 32.5. The second kappa shape index (κ2) is 9.76. The number of benzene rings is 2. The normalized spacial score (nSPS) is 15.9. The first kappa shape index (κ1) is 24.6. The highest BCUT2D eigenvalue weighted by Gasteiger charge is 2.25. The second-order valence-electron chi connectivity index (χ2n) is 9.04. The van der Waals surface area contributed by atoms with Crippen molar-refractivity contribution in [3.05, 3.63) is 70.5 Å². The van der Waals surface area contributed by atoms with Crippen LogP contribution in [0.1, 0.15) is 22.3 Å². The molecular formula is C26H25BrN4O4S. The summed E-state index contributed by atoms with van der Waals surface area (Å²) in [6, 6.07) is 12.4. The van der Waals surface area contributed by atoms with Crippen molar-refractivity contribution >= 4 is 42.8 Å². The number of sulfone groups is 1. The lowest BCUT2D eigenvalue weighted by molar-refractivity contribution is 0.0766. The minimum atomic E-state index is -3.89. The highest BCUT2D eigenvalue weighted by Crippen LogP contribution is 2.31. The summed E-state index contributed by atoms with van der Waals surface area (Å²) in [6.45, 7) is 3.93. The van der Waals surface area contributed by atoms with Gasteiger partial charge in [0.05, 0.1) is 17.7 Å². The SMILES string of the molecule is Cc1ccc(Br)c(S(=O)(=O)c2cnc3[nH]cc(-c4ccc(C(=O)N(C)C[C@@H]5CCOC5)cc4)c3n2)c1. The van der Waals surface area contributed by atoms with Crippen LogP contribution in [0.4, 0.5) is 0 Å². The van der Waals surface area contributed by atoms with E-state index in [0.717, 1.165) is 24.2 Å². The molecule has 1 aliphatic rings. The third-order valence-corrected chi connectivity index (χ3v) is 8.97. The van der Waals surface area contributed by atoms with Gasteiger partial charge in [0, 0.05) is 47.9 Å². The van der Waals surface area contributed by atoms with Crippen LogP contribution in [0.5, 0.6) is 0 Å². The van der Waals surface area contributed by atoms with Crippen LogP contribution < -0.4 is 0 Å². The van der Waals surface area contributed by atoms with Gasteiger partial charge in [0.2, 0.25) is 9.84 Å². The van der Waals surface area contributed by atoms with Crippen LogP contribution in [0.2, 0.25) is 0 Å². The fraction of sp³-hybridized carbons (Fsp3) is 0.269. The highest BCUT2D eigenvalue weighted by atomic mass is 79.9. The molecule has 1 amide bonds. The van der Waals surface area contributed by atoms with Gasteiger partial charge in [0.25, 0.3) is 5.91 Å². The summed E-state index contributed by atoms with van der Waals surface area (Å²) in [5.74, 6) is 0.318. The van der Waals surface area contributed by atoms with Gasteiger partial charge in [0.15, 0.2) is 10.7 Å². The molecular weight excluding hydrogens is 544 g/mol. The molecule has 1 atom stereocenters. The second-order valence-corrected chi connectivity index (χ2v) is 11.8. The van der Waals surface area contributed by atoms with Crippen LogP contribution in [-0.4, -0.2) is 61.0 Å². The van der Waals surface area contributed by atoms with Crippen molar-refractivity contribution in [1.82, 2.24) is 19.9 Å². The van der Waals surface area contributed by atoms with Crippen LogP contribution in [0.15, 0.2) is 69.3 Å². The predicted octanol–water partition coefficient (Wildman–Crippen LogP) is 4.64. The summed E-state index contributed by atoms with van der Waals surface area (Å²) in [5, 5.41) is -0.133. The van der Waals surface area contributed by atoms with Gasteiger partial charge in [-0.15, -0.1) is 0 Å². The third-order valence-electron chi connectivity index (χ3n) is 6.36. The number of ether oxygens (including phenoxy) is 1. The lowest BCUT2D eigenvalue weighted by atomic mass is 10.0. The number of amides is 1. The maximum atomic E-state index is 13.3. The molecule has 0 saturated carbocycles. The number of carbonyl (C=O) groups excluding carboxylic acids is 1. The minimum absolute atomic E-state index is 0.0516. The van der Waals surface area contributed by atoms with Gasteiger partial charge < -0.3 is 14.6 Å². The van der Waals surface area contributed by atoms with Gasteiger partial charge in [-0.2, -0.15) is 0 Å². The van der Waals surface area contributed by atoms with E-state index in [2.05, 4.69) is 30.9 Å². The molecule has 8 nitrogen and oxygen atoms in total. The van der Waals surface area contributed by atoms with E-state index in [1.165, 1.54) is 6.20 Å². The Bertz CT molecular complexity index is 1540. The Morgan fingerprint density at radius 3 is 2.72 bits per heavy atom. The van der Waals surface area contributed by atoms with Crippen molar-refractivity contribution in [1.29, 1.82) is 0 Å². The van der Waals surface area contributed by atoms with Crippen LogP contribution in [0, 0.1) is 12.8 Å². The summed E-state index contributed by atoms with van der Waals surface area (Å²) in [4.78, 5) is 26.6. The molecule has 4 aromatic rings. The number of fused-ring (bicyclic) bond motifs is 1. The first-order valence-corrected chi connectivity index (χ1v) is 13.8. The highest BCUT2D eigenvalue weighted by molar-refractivity contribution is 9.10. The van der Waals surface area contributed by atoms with Crippen LogP contribution >= 0.6 is 15.9 Å². The Labute approximate surface area is 217 Å². The van der Waals surface area contributed by atoms with Gasteiger partial charge >= 0.3 is 0 Å². The first-order chi connectivity index (χ1) is 17.2. The number of carbonyl (C=O) groups is 1. The predicted molar refractivity (Wildman–Crippen MR) is 140 cm³/mol. The topological polar surface area (TPSA) is 105 Å².